The Balaban J connectivity index is 5.55. The third kappa shape index (κ3) is 2.37. The molecular weight excluding hydrogens is 283 g/mol. The molecule has 1 unspecified atom stereocenters. The first-order valence-electron chi connectivity index (χ1n) is 4.20. The first kappa shape index (κ1) is 16.9. The van der Waals surface area contributed by atoms with Gasteiger partial charge in [0, 0.05) is 0 Å². The fraction of sp³-hybridized carbons (Fsp3) is 0.750. The average Bonchev–Trinajstić information content (AvgIpc) is 2.15. The predicted molar refractivity (Wildman–Crippen MR) is 41.6 cm³/mol. The lowest BCUT2D eigenvalue weighted by atomic mass is 10.00. The van der Waals surface area contributed by atoms with E-state index in [1.165, 1.54) is 0 Å². The monoisotopic (exact) mass is 290 g/mol. The van der Waals surface area contributed by atoms with Crippen LogP contribution in [0.25, 0.3) is 0 Å². The summed E-state index contributed by atoms with van der Waals surface area (Å²) in [7, 11) is 0. The first-order chi connectivity index (χ1) is 7.73. The zero-order valence-corrected chi connectivity index (χ0v) is 8.67. The van der Waals surface area contributed by atoms with E-state index in [0.717, 1.165) is 0 Å². The maximum absolute atomic E-state index is 12.9. The fourth-order valence-corrected chi connectivity index (χ4v) is 0.872. The van der Waals surface area contributed by atoms with Crippen molar-refractivity contribution in [3.63, 3.8) is 0 Å². The fourth-order valence-electron chi connectivity index (χ4n) is 0.872. The zero-order valence-electron chi connectivity index (χ0n) is 8.67. The summed E-state index contributed by atoms with van der Waals surface area (Å²) in [6, 6.07) is 0. The highest BCUT2D eigenvalue weighted by Gasteiger charge is 2.83. The Morgan fingerprint density at radius 1 is 0.889 bits per heavy atom. The molecule has 0 aromatic heterocycles. The lowest BCUT2D eigenvalue weighted by Crippen LogP contribution is -2.64. The van der Waals surface area contributed by atoms with Crippen LogP contribution in [-0.4, -0.2) is 30.0 Å². The van der Waals surface area contributed by atoms with Crippen LogP contribution in [0, 0.1) is 0 Å². The van der Waals surface area contributed by atoms with Gasteiger partial charge in [-0.15, -0.1) is 0 Å². The number of rotatable bonds is 5. The van der Waals surface area contributed by atoms with E-state index in [9.17, 15) is 39.5 Å². The van der Waals surface area contributed by atoms with Crippen LogP contribution in [0.5, 0.6) is 0 Å². The lowest BCUT2D eigenvalue weighted by molar-refractivity contribution is -0.404. The van der Waals surface area contributed by atoms with Crippen molar-refractivity contribution in [3.05, 3.63) is 12.8 Å². The standard InChI is InChI=1S/C8H7F9O/c1-3-18-4(2)5(9,10)6(11,12)7(13,14)8(15,16)17/h3-4H,1H2,2H3. The maximum Gasteiger partial charge on any atom is 0.460 e. The molecular formula is C8H7F9O. The smallest absolute Gasteiger partial charge is 0.460 e. The molecule has 0 amide bonds. The van der Waals surface area contributed by atoms with Crippen LogP contribution >= 0.6 is 0 Å². The van der Waals surface area contributed by atoms with Crippen molar-refractivity contribution in [2.45, 2.75) is 37.0 Å². The Hall–Kier alpha value is -1.09. The van der Waals surface area contributed by atoms with Gasteiger partial charge in [0.15, 0.2) is 6.10 Å². The molecule has 0 fully saturated rings. The first-order valence-corrected chi connectivity index (χ1v) is 4.20. The SMILES string of the molecule is C=COC(C)C(F)(F)C(F)(F)C(F)(F)C(F)(F)F. The molecule has 0 saturated heterocycles. The van der Waals surface area contributed by atoms with Gasteiger partial charge in [-0.05, 0) is 6.92 Å². The molecule has 0 spiro atoms. The van der Waals surface area contributed by atoms with Crippen LogP contribution in [0.15, 0.2) is 12.8 Å². The summed E-state index contributed by atoms with van der Waals surface area (Å²) < 4.78 is 115. The Morgan fingerprint density at radius 2 is 1.28 bits per heavy atom. The molecule has 0 bridgehead atoms. The number of hydrogen-bond acceptors (Lipinski definition) is 1. The van der Waals surface area contributed by atoms with Crippen LogP contribution < -0.4 is 0 Å². The number of alkyl halides is 9. The summed E-state index contributed by atoms with van der Waals surface area (Å²) in [5.41, 5.74) is 0. The molecule has 1 nitrogen and oxygen atoms in total. The highest BCUT2D eigenvalue weighted by Crippen LogP contribution is 2.54. The van der Waals surface area contributed by atoms with Gasteiger partial charge in [0.05, 0.1) is 6.26 Å². The van der Waals surface area contributed by atoms with Crippen molar-refractivity contribution in [3.8, 4) is 0 Å². The van der Waals surface area contributed by atoms with E-state index in [4.69, 9.17) is 0 Å². The Bertz CT molecular complexity index is 306. The molecule has 0 aliphatic carbocycles. The highest BCUT2D eigenvalue weighted by molar-refractivity contribution is 5.03. The molecule has 0 aliphatic rings. The average molecular weight is 290 g/mol. The third-order valence-corrected chi connectivity index (χ3v) is 1.98. The zero-order chi connectivity index (χ0) is 15.0. The Labute approximate surface area is 95.2 Å². The molecule has 0 aliphatic heterocycles. The van der Waals surface area contributed by atoms with Crippen LogP contribution in [-0.2, 0) is 4.74 Å². The van der Waals surface area contributed by atoms with Gasteiger partial charge in [0.25, 0.3) is 0 Å². The molecule has 10 heteroatoms. The van der Waals surface area contributed by atoms with Gasteiger partial charge in [0.2, 0.25) is 0 Å². The van der Waals surface area contributed by atoms with Crippen LogP contribution in [0.1, 0.15) is 6.92 Å². The van der Waals surface area contributed by atoms with Gasteiger partial charge in [-0.3, -0.25) is 0 Å². The minimum absolute atomic E-state index is 0.210. The van der Waals surface area contributed by atoms with Crippen molar-refractivity contribution >= 4 is 0 Å². The maximum atomic E-state index is 12.9. The number of halogens is 9. The molecule has 18 heavy (non-hydrogen) atoms. The summed E-state index contributed by atoms with van der Waals surface area (Å²) in [5, 5.41) is 0. The molecule has 0 heterocycles. The largest absolute Gasteiger partial charge is 0.492 e. The molecule has 108 valence electrons. The van der Waals surface area contributed by atoms with Gasteiger partial charge in [-0.25, -0.2) is 0 Å². The summed E-state index contributed by atoms with van der Waals surface area (Å²) >= 11 is 0. The summed E-state index contributed by atoms with van der Waals surface area (Å²) in [6.07, 6.45) is -9.52. The molecule has 0 N–H and O–H groups in total. The van der Waals surface area contributed by atoms with Crippen molar-refractivity contribution in [2.75, 3.05) is 0 Å². The van der Waals surface area contributed by atoms with Gasteiger partial charge < -0.3 is 4.74 Å². The Morgan fingerprint density at radius 3 is 1.56 bits per heavy atom. The van der Waals surface area contributed by atoms with E-state index in [2.05, 4.69) is 11.3 Å². The van der Waals surface area contributed by atoms with Crippen LogP contribution in [0.2, 0.25) is 0 Å². The van der Waals surface area contributed by atoms with Crippen molar-refractivity contribution < 1.29 is 44.3 Å². The second-order valence-electron chi connectivity index (χ2n) is 3.21. The van der Waals surface area contributed by atoms with Crippen LogP contribution in [0.4, 0.5) is 39.5 Å². The number of hydrogen-bond donors (Lipinski definition) is 0. The lowest BCUT2D eigenvalue weighted by Gasteiger charge is -2.35. The van der Waals surface area contributed by atoms with E-state index in [1.54, 1.807) is 0 Å². The van der Waals surface area contributed by atoms with Gasteiger partial charge in [0.1, 0.15) is 0 Å². The normalized spacial score (nSPS) is 16.3. The minimum Gasteiger partial charge on any atom is -0.492 e. The van der Waals surface area contributed by atoms with E-state index in [-0.39, 0.29) is 13.2 Å². The van der Waals surface area contributed by atoms with Crippen molar-refractivity contribution in [1.29, 1.82) is 0 Å². The second-order valence-corrected chi connectivity index (χ2v) is 3.21. The molecule has 0 aromatic rings. The van der Waals surface area contributed by atoms with Gasteiger partial charge in [-0.2, -0.15) is 39.5 Å². The van der Waals surface area contributed by atoms with E-state index < -0.39 is 30.0 Å². The molecule has 0 radical (unpaired) electrons. The van der Waals surface area contributed by atoms with E-state index >= 15 is 0 Å². The van der Waals surface area contributed by atoms with Gasteiger partial charge >= 0.3 is 23.9 Å². The second kappa shape index (κ2) is 4.54. The summed E-state index contributed by atoms with van der Waals surface area (Å²) in [6.45, 7) is 2.91. The Kier molecular flexibility index (Phi) is 4.27. The molecule has 1 atom stereocenters. The topological polar surface area (TPSA) is 9.23 Å². The highest BCUT2D eigenvalue weighted by atomic mass is 19.4. The molecule has 0 aromatic carbocycles. The summed E-state index contributed by atoms with van der Waals surface area (Å²) in [4.78, 5) is 0. The quantitative estimate of drug-likeness (QED) is 0.549. The molecule has 0 rings (SSSR count). The van der Waals surface area contributed by atoms with E-state index in [1.807, 2.05) is 0 Å². The van der Waals surface area contributed by atoms with Crippen molar-refractivity contribution in [1.82, 2.24) is 0 Å². The minimum atomic E-state index is -6.90. The van der Waals surface area contributed by atoms with E-state index in [0.29, 0.717) is 0 Å². The molecule has 0 saturated carbocycles. The summed E-state index contributed by atoms with van der Waals surface area (Å²) in [5.74, 6) is -19.3. The third-order valence-electron chi connectivity index (χ3n) is 1.98. The van der Waals surface area contributed by atoms with Crippen molar-refractivity contribution in [2.24, 2.45) is 0 Å². The van der Waals surface area contributed by atoms with Gasteiger partial charge in [-0.1, -0.05) is 6.58 Å². The predicted octanol–water partition coefficient (Wildman–Crippen LogP) is 4.00. The van der Waals surface area contributed by atoms with Crippen LogP contribution in [0.3, 0.4) is 0 Å². The number of ether oxygens (including phenoxy) is 1.